The van der Waals surface area contributed by atoms with E-state index in [-0.39, 0.29) is 0 Å². The van der Waals surface area contributed by atoms with Gasteiger partial charge in [0, 0.05) is 0 Å². The van der Waals surface area contributed by atoms with Crippen molar-refractivity contribution in [2.75, 3.05) is 0 Å². The second-order valence-electron chi connectivity index (χ2n) is 7.69. The molecule has 0 saturated heterocycles. The molecule has 0 bridgehead atoms. The van der Waals surface area contributed by atoms with Crippen molar-refractivity contribution in [2.24, 2.45) is 35.0 Å². The molecule has 0 aliphatic heterocycles. The predicted molar refractivity (Wildman–Crippen MR) is 87.3 cm³/mol. The van der Waals surface area contributed by atoms with Gasteiger partial charge in [0.05, 0.1) is 0 Å². The van der Waals surface area contributed by atoms with E-state index in [1.54, 1.807) is 0 Å². The molecule has 0 radical (unpaired) electrons. The highest BCUT2D eigenvalue weighted by molar-refractivity contribution is 4.95. The van der Waals surface area contributed by atoms with Crippen molar-refractivity contribution >= 4 is 0 Å². The van der Waals surface area contributed by atoms with Crippen LogP contribution in [0.5, 0.6) is 0 Å². The molecule has 0 heterocycles. The molecule has 1 saturated carbocycles. The highest BCUT2D eigenvalue weighted by Gasteiger charge is 2.46. The summed E-state index contributed by atoms with van der Waals surface area (Å²) in [5.74, 6) is 4.74. The van der Waals surface area contributed by atoms with Crippen molar-refractivity contribution < 1.29 is 0 Å². The van der Waals surface area contributed by atoms with Gasteiger partial charge in [-0.15, -0.1) is 0 Å². The van der Waals surface area contributed by atoms with Crippen LogP contribution in [0.3, 0.4) is 0 Å². The van der Waals surface area contributed by atoms with Crippen LogP contribution >= 0.6 is 0 Å². The minimum absolute atomic E-state index is 0.623. The molecule has 1 aliphatic rings. The zero-order valence-electron chi connectivity index (χ0n) is 14.6. The Hall–Kier alpha value is 0. The molecule has 0 spiro atoms. The van der Waals surface area contributed by atoms with Crippen LogP contribution in [0, 0.1) is 35.0 Å². The summed E-state index contributed by atoms with van der Waals surface area (Å²) in [6.07, 6.45) is 8.51. The van der Waals surface area contributed by atoms with Crippen LogP contribution in [-0.4, -0.2) is 0 Å². The third kappa shape index (κ3) is 3.99. The minimum Gasteiger partial charge on any atom is -0.0651 e. The Kier molecular flexibility index (Phi) is 6.40. The van der Waals surface area contributed by atoms with E-state index in [4.69, 9.17) is 0 Å². The lowest BCUT2D eigenvalue weighted by Crippen LogP contribution is -2.30. The van der Waals surface area contributed by atoms with Crippen molar-refractivity contribution in [3.8, 4) is 0 Å². The Morgan fingerprint density at radius 1 is 1.05 bits per heavy atom. The van der Waals surface area contributed by atoms with Gasteiger partial charge in [-0.3, -0.25) is 0 Å². The van der Waals surface area contributed by atoms with Gasteiger partial charge in [0.2, 0.25) is 0 Å². The summed E-state index contributed by atoms with van der Waals surface area (Å²) in [7, 11) is 0. The van der Waals surface area contributed by atoms with E-state index in [1.807, 2.05) is 0 Å². The Bertz CT molecular complexity index is 249. The van der Waals surface area contributed by atoms with Gasteiger partial charge in [0.1, 0.15) is 0 Å². The van der Waals surface area contributed by atoms with Crippen molar-refractivity contribution in [3.63, 3.8) is 0 Å². The lowest BCUT2D eigenvalue weighted by Gasteiger charge is -2.40. The highest BCUT2D eigenvalue weighted by Crippen LogP contribution is 2.54. The van der Waals surface area contributed by atoms with Gasteiger partial charge >= 0.3 is 0 Å². The van der Waals surface area contributed by atoms with Crippen LogP contribution in [0.2, 0.25) is 0 Å². The average molecular weight is 267 g/mol. The largest absolute Gasteiger partial charge is 0.0651 e. The molecule has 0 N–H and O–H groups in total. The van der Waals surface area contributed by atoms with E-state index in [0.717, 1.165) is 29.6 Å². The fourth-order valence-electron chi connectivity index (χ4n) is 4.46. The SMILES string of the molecule is CCC(CCC(CC)(CC)C(C)C1CC1C)C(C)C. The van der Waals surface area contributed by atoms with Crippen molar-refractivity contribution in [1.29, 1.82) is 0 Å². The number of hydrogen-bond acceptors (Lipinski definition) is 0. The van der Waals surface area contributed by atoms with Crippen LogP contribution in [0.4, 0.5) is 0 Å². The van der Waals surface area contributed by atoms with Gasteiger partial charge in [-0.1, -0.05) is 67.7 Å². The molecule has 0 amide bonds. The van der Waals surface area contributed by atoms with Crippen LogP contribution in [-0.2, 0) is 0 Å². The molecule has 1 rings (SSSR count). The maximum atomic E-state index is 2.55. The molecule has 4 unspecified atom stereocenters. The molecule has 0 nitrogen and oxygen atoms in total. The first-order valence-corrected chi connectivity index (χ1v) is 8.91. The fourth-order valence-corrected chi connectivity index (χ4v) is 4.46. The van der Waals surface area contributed by atoms with Gasteiger partial charge in [0.25, 0.3) is 0 Å². The molecule has 19 heavy (non-hydrogen) atoms. The maximum Gasteiger partial charge on any atom is -0.0274 e. The molecule has 0 heteroatoms. The highest BCUT2D eigenvalue weighted by atomic mass is 14.5. The summed E-state index contributed by atoms with van der Waals surface area (Å²) in [6, 6.07) is 0. The molecule has 1 aliphatic carbocycles. The zero-order chi connectivity index (χ0) is 14.6. The molecule has 0 aromatic carbocycles. The van der Waals surface area contributed by atoms with Gasteiger partial charge in [-0.05, 0) is 54.3 Å². The fraction of sp³-hybridized carbons (Fsp3) is 1.00. The van der Waals surface area contributed by atoms with Crippen LogP contribution in [0.25, 0.3) is 0 Å². The average Bonchev–Trinajstić information content (AvgIpc) is 3.11. The summed E-state index contributed by atoms with van der Waals surface area (Å²) < 4.78 is 0. The molecule has 1 fully saturated rings. The summed E-state index contributed by atoms with van der Waals surface area (Å²) in [4.78, 5) is 0. The molecular weight excluding hydrogens is 228 g/mol. The topological polar surface area (TPSA) is 0 Å². The second-order valence-corrected chi connectivity index (χ2v) is 7.69. The predicted octanol–water partition coefficient (Wildman–Crippen LogP) is 6.55. The summed E-state index contributed by atoms with van der Waals surface area (Å²) in [5, 5.41) is 0. The summed E-state index contributed by atoms with van der Waals surface area (Å²) in [5.41, 5.74) is 0.623. The quantitative estimate of drug-likeness (QED) is 0.444. The Balaban J connectivity index is 2.65. The standard InChI is InChI=1S/C19H38/c1-8-17(14(4)5)11-12-19(9-2,10-3)16(7)18-13-15(18)6/h14-18H,8-13H2,1-7H3. The first kappa shape index (κ1) is 17.1. The van der Waals surface area contributed by atoms with Crippen molar-refractivity contribution in [1.82, 2.24) is 0 Å². The Morgan fingerprint density at radius 2 is 1.58 bits per heavy atom. The molecule has 114 valence electrons. The first-order valence-electron chi connectivity index (χ1n) is 8.91. The lowest BCUT2D eigenvalue weighted by molar-refractivity contribution is 0.102. The lowest BCUT2D eigenvalue weighted by atomic mass is 9.65. The Morgan fingerprint density at radius 3 is 1.89 bits per heavy atom. The van der Waals surface area contributed by atoms with E-state index in [1.165, 1.54) is 38.5 Å². The smallest absolute Gasteiger partial charge is 0.0274 e. The van der Waals surface area contributed by atoms with Gasteiger partial charge in [-0.25, -0.2) is 0 Å². The molecule has 0 aromatic heterocycles. The normalized spacial score (nSPS) is 26.5. The van der Waals surface area contributed by atoms with Crippen molar-refractivity contribution in [3.05, 3.63) is 0 Å². The third-order valence-electron chi connectivity index (χ3n) is 6.67. The van der Waals surface area contributed by atoms with Crippen LogP contribution in [0.1, 0.15) is 87.0 Å². The molecule has 0 aromatic rings. The van der Waals surface area contributed by atoms with Gasteiger partial charge in [0.15, 0.2) is 0 Å². The van der Waals surface area contributed by atoms with Crippen LogP contribution < -0.4 is 0 Å². The first-order chi connectivity index (χ1) is 8.91. The Labute approximate surface area is 122 Å². The van der Waals surface area contributed by atoms with Gasteiger partial charge in [-0.2, -0.15) is 0 Å². The second kappa shape index (κ2) is 7.14. The summed E-state index contributed by atoms with van der Waals surface area (Å²) >= 11 is 0. The minimum atomic E-state index is 0.623. The monoisotopic (exact) mass is 266 g/mol. The number of hydrogen-bond donors (Lipinski definition) is 0. The summed E-state index contributed by atoms with van der Waals surface area (Å²) in [6.45, 7) is 17.0. The van der Waals surface area contributed by atoms with E-state index >= 15 is 0 Å². The molecule has 4 atom stereocenters. The zero-order valence-corrected chi connectivity index (χ0v) is 14.6. The van der Waals surface area contributed by atoms with E-state index < -0.39 is 0 Å². The van der Waals surface area contributed by atoms with Crippen molar-refractivity contribution in [2.45, 2.75) is 87.0 Å². The van der Waals surface area contributed by atoms with E-state index in [2.05, 4.69) is 48.5 Å². The van der Waals surface area contributed by atoms with Crippen LogP contribution in [0.15, 0.2) is 0 Å². The molecular formula is C19H38. The third-order valence-corrected chi connectivity index (χ3v) is 6.67. The number of rotatable bonds is 9. The van der Waals surface area contributed by atoms with E-state index in [9.17, 15) is 0 Å². The maximum absolute atomic E-state index is 2.55. The van der Waals surface area contributed by atoms with Gasteiger partial charge < -0.3 is 0 Å². The van der Waals surface area contributed by atoms with E-state index in [0.29, 0.717) is 5.41 Å².